The molecule has 3 aromatic rings. The van der Waals surface area contributed by atoms with E-state index in [1.807, 2.05) is 0 Å². The maximum atomic E-state index is 13.9. The van der Waals surface area contributed by atoms with Crippen LogP contribution in [0.3, 0.4) is 0 Å². The predicted molar refractivity (Wildman–Crippen MR) is 248 cm³/mol. The maximum absolute atomic E-state index is 13.9. The van der Waals surface area contributed by atoms with Gasteiger partial charge < -0.3 is 47.4 Å². The molecule has 2 aromatic carbocycles. The predicted octanol–water partition coefficient (Wildman–Crippen LogP) is 1.91. The van der Waals surface area contributed by atoms with Gasteiger partial charge in [-0.15, -0.1) is 0 Å². The molecule has 0 aliphatic heterocycles. The van der Waals surface area contributed by atoms with Crippen molar-refractivity contribution in [2.45, 2.75) is 96.3 Å². The van der Waals surface area contributed by atoms with Gasteiger partial charge in [0.15, 0.2) is 0 Å². The molecule has 4 rings (SSSR count). The maximum Gasteiger partial charge on any atom is 0.321 e. The average Bonchev–Trinajstić information content (AvgIpc) is 3.34. The number of nitrogens with one attached hydrogen (secondary N) is 8. The molecule has 1 aliphatic rings. The average molecular weight is 926 g/mol. The number of carbonyl (C=O) groups is 9. The summed E-state index contributed by atoms with van der Waals surface area (Å²) in [7, 11) is 1.42. The van der Waals surface area contributed by atoms with Crippen LogP contribution in [-0.4, -0.2) is 119 Å². The zero-order chi connectivity index (χ0) is 48.7. The second-order valence-corrected chi connectivity index (χ2v) is 16.5. The minimum Gasteiger partial charge on any atom is -0.357 e. The van der Waals surface area contributed by atoms with E-state index in [-0.39, 0.29) is 50.0 Å². The highest BCUT2D eigenvalue weighted by atomic mass is 16.2. The van der Waals surface area contributed by atoms with Crippen LogP contribution >= 0.6 is 0 Å². The van der Waals surface area contributed by atoms with E-state index in [0.717, 1.165) is 32.1 Å². The third-order valence-corrected chi connectivity index (χ3v) is 11.1. The van der Waals surface area contributed by atoms with E-state index in [4.69, 9.17) is 0 Å². The van der Waals surface area contributed by atoms with Gasteiger partial charge in [-0.2, -0.15) is 0 Å². The minimum atomic E-state index is -1.24. The third kappa shape index (κ3) is 16.9. The topological polar surface area (TPSA) is 279 Å². The van der Waals surface area contributed by atoms with E-state index >= 15 is 0 Å². The summed E-state index contributed by atoms with van der Waals surface area (Å²) in [5, 5.41) is 21.1. The number of carbonyl (C=O) groups excluding carboxylic acids is 9. The summed E-state index contributed by atoms with van der Waals surface area (Å²) in [6.45, 7) is 4.38. The Morgan fingerprint density at radius 3 is 2.06 bits per heavy atom. The Morgan fingerprint density at radius 1 is 0.746 bits per heavy atom. The molecule has 0 unspecified atom stereocenters. The smallest absolute Gasteiger partial charge is 0.321 e. The van der Waals surface area contributed by atoms with Crippen LogP contribution in [0.15, 0.2) is 79.3 Å². The lowest BCUT2D eigenvalue weighted by atomic mass is 9.83. The third-order valence-electron chi connectivity index (χ3n) is 11.1. The van der Waals surface area contributed by atoms with Crippen molar-refractivity contribution in [2.24, 2.45) is 11.8 Å². The monoisotopic (exact) mass is 925 g/mol. The van der Waals surface area contributed by atoms with Crippen molar-refractivity contribution in [2.75, 3.05) is 38.5 Å². The van der Waals surface area contributed by atoms with E-state index in [1.54, 1.807) is 81.4 Å². The van der Waals surface area contributed by atoms with Crippen LogP contribution in [0.2, 0.25) is 0 Å². The molecule has 0 saturated heterocycles. The fourth-order valence-corrected chi connectivity index (χ4v) is 7.51. The Kier molecular flexibility index (Phi) is 21.3. The molecule has 0 radical (unpaired) electrons. The van der Waals surface area contributed by atoms with Crippen molar-refractivity contribution in [1.82, 2.24) is 52.1 Å². The number of hydrogen-bond donors (Lipinski definition) is 8. The number of amides is 9. The van der Waals surface area contributed by atoms with Gasteiger partial charge in [0, 0.05) is 51.2 Å². The molecule has 1 aliphatic carbocycles. The molecule has 0 bridgehead atoms. The van der Waals surface area contributed by atoms with Crippen LogP contribution in [0.4, 0.5) is 10.5 Å². The number of aromatic nitrogens is 2. The molecule has 20 nitrogen and oxygen atoms in total. The largest absolute Gasteiger partial charge is 0.357 e. The van der Waals surface area contributed by atoms with E-state index in [1.165, 1.54) is 30.5 Å². The van der Waals surface area contributed by atoms with Crippen LogP contribution in [0.25, 0.3) is 0 Å². The van der Waals surface area contributed by atoms with Gasteiger partial charge in [0.25, 0.3) is 11.8 Å². The fourth-order valence-electron chi connectivity index (χ4n) is 7.51. The number of Topliss-reactive ketones (excluding diaryl/α,β-unsaturated/α-hetero) is 1. The Balaban J connectivity index is 1.36. The standard InChI is InChI=1S/C47H63N11O9/c1-5-15-34(41(61)46(66)52-29-37(60)55-39(43(63)48-4)31-16-9-6-10-17-31)54-36(59)22-26-58(47(67)53-33-20-13-8-14-21-33)27-25-51-44(64)38(30(2)3)56-45(65)40(32-18-11-7-12-19-32)57-42(62)35-28-49-23-24-50-35/h6,8-10,13-14,16-17,20-21,23-24,28,30,32,34,38-40H,5,7,11-12,15,18-19,22,25-27,29H2,1-4H3,(H,48,63)(H,51,64)(H,52,66)(H,53,67)(H,54,59)(H,55,60)(H,56,65)(H,57,62)/t34-,38-,39-,40-/m0/s1. The number of anilines is 1. The normalized spacial score (nSPS) is 14.2. The van der Waals surface area contributed by atoms with E-state index in [2.05, 4.69) is 52.5 Å². The first kappa shape index (κ1) is 52.4. The van der Waals surface area contributed by atoms with Gasteiger partial charge in [-0.3, -0.25) is 43.3 Å². The van der Waals surface area contributed by atoms with Gasteiger partial charge in [0.2, 0.25) is 35.3 Å². The molecule has 0 spiro atoms. The van der Waals surface area contributed by atoms with E-state index < -0.39 is 83.9 Å². The lowest BCUT2D eigenvalue weighted by molar-refractivity contribution is -0.140. The van der Waals surface area contributed by atoms with Gasteiger partial charge in [0.05, 0.1) is 18.8 Å². The van der Waals surface area contributed by atoms with Crippen molar-refractivity contribution in [3.63, 3.8) is 0 Å². The molecular weight excluding hydrogens is 863 g/mol. The van der Waals surface area contributed by atoms with E-state index in [0.29, 0.717) is 17.7 Å². The molecule has 1 aromatic heterocycles. The SMILES string of the molecule is CCC[C@H](NC(=O)CCN(CCNC(=O)[C@@H](NC(=O)[C@@H](NC(=O)c1cnccn1)C1CCCCC1)C(C)C)C(=O)Nc1ccccc1)C(=O)C(=O)NCC(=O)N[C@H](C(=O)NC)c1ccccc1. The van der Waals surface area contributed by atoms with Crippen molar-refractivity contribution in [1.29, 1.82) is 0 Å². The van der Waals surface area contributed by atoms with Crippen LogP contribution in [0, 0.1) is 11.8 Å². The lowest BCUT2D eigenvalue weighted by Gasteiger charge is -2.32. The van der Waals surface area contributed by atoms with E-state index in [9.17, 15) is 43.2 Å². The molecule has 9 amide bonds. The fraction of sp³-hybridized carbons (Fsp3) is 0.468. The van der Waals surface area contributed by atoms with Gasteiger partial charge in [-0.25, -0.2) is 9.78 Å². The Hall–Kier alpha value is -7.25. The minimum absolute atomic E-state index is 0.0576. The molecule has 20 heteroatoms. The number of para-hydroxylation sites is 1. The summed E-state index contributed by atoms with van der Waals surface area (Å²) < 4.78 is 0. The van der Waals surface area contributed by atoms with Gasteiger partial charge in [-0.05, 0) is 48.8 Å². The highest BCUT2D eigenvalue weighted by molar-refractivity contribution is 6.38. The second-order valence-electron chi connectivity index (χ2n) is 16.5. The van der Waals surface area contributed by atoms with Crippen molar-refractivity contribution < 1.29 is 43.2 Å². The van der Waals surface area contributed by atoms with Crippen molar-refractivity contribution >= 4 is 58.9 Å². The molecule has 1 saturated carbocycles. The molecule has 8 N–H and O–H groups in total. The summed E-state index contributed by atoms with van der Waals surface area (Å²) in [6, 6.07) is 12.3. The summed E-state index contributed by atoms with van der Waals surface area (Å²) in [5.41, 5.74) is 1.04. The molecule has 4 atom stereocenters. The number of benzene rings is 2. The number of hydrogen-bond acceptors (Lipinski definition) is 11. The summed E-state index contributed by atoms with van der Waals surface area (Å²) in [6.07, 6.45) is 8.61. The molecule has 360 valence electrons. The highest BCUT2D eigenvalue weighted by Gasteiger charge is 2.35. The van der Waals surface area contributed by atoms with Crippen molar-refractivity contribution in [3.8, 4) is 0 Å². The molecule has 67 heavy (non-hydrogen) atoms. The molecule has 1 fully saturated rings. The first-order chi connectivity index (χ1) is 32.2. The number of urea groups is 1. The van der Waals surface area contributed by atoms with Crippen LogP contribution < -0.4 is 42.5 Å². The number of likely N-dealkylation sites (N-methyl/N-ethyl adjacent to an activating group) is 1. The number of ketones is 1. The molecular formula is C47H63N11O9. The summed E-state index contributed by atoms with van der Waals surface area (Å²) in [5.74, 6) is -6.07. The zero-order valence-corrected chi connectivity index (χ0v) is 38.5. The van der Waals surface area contributed by atoms with Crippen molar-refractivity contribution in [3.05, 3.63) is 90.5 Å². The van der Waals surface area contributed by atoms with Crippen LogP contribution in [0.1, 0.15) is 94.2 Å². The Labute approximate surface area is 390 Å². The lowest BCUT2D eigenvalue weighted by Crippen LogP contribution is -2.58. The number of nitrogens with zero attached hydrogens (tertiary/aromatic N) is 3. The van der Waals surface area contributed by atoms with Crippen LogP contribution in [0.5, 0.6) is 0 Å². The highest BCUT2D eigenvalue weighted by Crippen LogP contribution is 2.27. The zero-order valence-electron chi connectivity index (χ0n) is 38.5. The van der Waals surface area contributed by atoms with Gasteiger partial charge in [-0.1, -0.05) is 95.0 Å². The van der Waals surface area contributed by atoms with Gasteiger partial charge >= 0.3 is 6.03 Å². The van der Waals surface area contributed by atoms with Crippen LogP contribution in [-0.2, 0) is 33.6 Å². The Bertz CT molecular complexity index is 2140. The first-order valence-corrected chi connectivity index (χ1v) is 22.7. The second kappa shape index (κ2) is 27.3. The number of rotatable bonds is 24. The first-order valence-electron chi connectivity index (χ1n) is 22.7. The summed E-state index contributed by atoms with van der Waals surface area (Å²) >= 11 is 0. The Morgan fingerprint density at radius 2 is 1.43 bits per heavy atom. The molecule has 1 heterocycles. The summed E-state index contributed by atoms with van der Waals surface area (Å²) in [4.78, 5) is 128. The van der Waals surface area contributed by atoms with Gasteiger partial charge in [0.1, 0.15) is 23.8 Å². The quantitative estimate of drug-likeness (QED) is 0.0601.